The molecule has 1 atom stereocenters. The summed E-state index contributed by atoms with van der Waals surface area (Å²) in [4.78, 5) is 7.22. The molecule has 4 rings (SSSR count). The molecule has 1 N–H and O–H groups in total. The van der Waals surface area contributed by atoms with Crippen LogP contribution in [0.4, 0.5) is 0 Å². The number of fused-ring (bicyclic) bond motifs is 1. The molecule has 1 unspecified atom stereocenters. The highest BCUT2D eigenvalue weighted by atomic mass is 35.5. The van der Waals surface area contributed by atoms with Crippen LogP contribution in [0.15, 0.2) is 42.5 Å². The molecule has 2 heterocycles. The molecule has 2 aromatic carbocycles. The van der Waals surface area contributed by atoms with Crippen molar-refractivity contribution in [1.29, 1.82) is 0 Å². The molecule has 1 aromatic heterocycles. The second-order valence-electron chi connectivity index (χ2n) is 6.38. The summed E-state index contributed by atoms with van der Waals surface area (Å²) >= 11 is 6.29. The number of likely N-dealkylation sites (tertiary alicyclic amines) is 1. The maximum Gasteiger partial charge on any atom is 0.127 e. The zero-order valence-electron chi connectivity index (χ0n) is 13.6. The number of hydrogen-bond acceptors (Lipinski definition) is 3. The van der Waals surface area contributed by atoms with Crippen molar-refractivity contribution in [2.45, 2.75) is 25.4 Å². The highest BCUT2D eigenvalue weighted by molar-refractivity contribution is 6.31. The molecule has 124 valence electrons. The van der Waals surface area contributed by atoms with E-state index in [9.17, 15) is 5.11 Å². The summed E-state index contributed by atoms with van der Waals surface area (Å²) in [6.45, 7) is 1.62. The number of benzene rings is 2. The number of halogens is 1. The summed E-state index contributed by atoms with van der Waals surface area (Å²) in [5, 5.41) is 10.8. The van der Waals surface area contributed by atoms with Crippen LogP contribution in [0.1, 0.15) is 30.3 Å². The lowest BCUT2D eigenvalue weighted by atomic mass is 10.1. The first-order valence-electron chi connectivity index (χ1n) is 8.27. The number of nitrogens with zero attached hydrogens (tertiary/aromatic N) is 3. The fourth-order valence-electron chi connectivity index (χ4n) is 3.68. The number of rotatable bonds is 3. The second kappa shape index (κ2) is 6.11. The quantitative estimate of drug-likeness (QED) is 0.773. The third kappa shape index (κ3) is 2.56. The maximum atomic E-state index is 10.1. The predicted octanol–water partition coefficient (Wildman–Crippen LogP) is 4.27. The Morgan fingerprint density at radius 3 is 2.83 bits per heavy atom. The van der Waals surface area contributed by atoms with E-state index in [1.807, 2.05) is 18.2 Å². The number of aromatic hydroxyl groups is 1. The average molecular weight is 342 g/mol. The Bertz CT molecular complexity index is 869. The highest BCUT2D eigenvalue weighted by Gasteiger charge is 2.30. The summed E-state index contributed by atoms with van der Waals surface area (Å²) < 4.78 is 2.19. The van der Waals surface area contributed by atoms with Crippen LogP contribution in [0, 0.1) is 0 Å². The highest BCUT2D eigenvalue weighted by Crippen LogP contribution is 2.36. The molecular weight excluding hydrogens is 322 g/mol. The molecule has 1 aliphatic heterocycles. The number of hydrogen-bond donors (Lipinski definition) is 1. The Hall–Kier alpha value is -2.04. The van der Waals surface area contributed by atoms with Crippen LogP contribution in [-0.2, 0) is 13.6 Å². The molecular formula is C19H20ClN3O. The van der Waals surface area contributed by atoms with Crippen LogP contribution >= 0.6 is 11.6 Å². The third-order valence-electron chi connectivity index (χ3n) is 4.94. The number of imidazole rings is 1. The van der Waals surface area contributed by atoms with Crippen LogP contribution < -0.4 is 0 Å². The minimum atomic E-state index is 0.248. The van der Waals surface area contributed by atoms with Crippen LogP contribution in [-0.4, -0.2) is 26.1 Å². The molecule has 5 heteroatoms. The lowest BCUT2D eigenvalue weighted by Gasteiger charge is -2.25. The van der Waals surface area contributed by atoms with Gasteiger partial charge in [0.15, 0.2) is 0 Å². The minimum Gasteiger partial charge on any atom is -0.508 e. The van der Waals surface area contributed by atoms with Crippen LogP contribution in [0.5, 0.6) is 5.75 Å². The van der Waals surface area contributed by atoms with E-state index in [-0.39, 0.29) is 11.8 Å². The molecule has 1 aliphatic rings. The molecule has 4 nitrogen and oxygen atoms in total. The van der Waals surface area contributed by atoms with Gasteiger partial charge in [0.05, 0.1) is 17.1 Å². The normalized spacial score (nSPS) is 18.5. The fraction of sp³-hybridized carbons (Fsp3) is 0.316. The summed E-state index contributed by atoms with van der Waals surface area (Å²) in [6.07, 6.45) is 2.20. The van der Waals surface area contributed by atoms with E-state index in [1.165, 1.54) is 0 Å². The molecule has 0 saturated carbocycles. The second-order valence-corrected chi connectivity index (χ2v) is 6.79. The number of aromatic nitrogens is 2. The third-order valence-corrected chi connectivity index (χ3v) is 5.29. The average Bonchev–Trinajstić information content (AvgIpc) is 3.16. The molecule has 0 aliphatic carbocycles. The molecule has 0 radical (unpaired) electrons. The van der Waals surface area contributed by atoms with Gasteiger partial charge in [-0.05, 0) is 43.7 Å². The first-order chi connectivity index (χ1) is 11.6. The van der Waals surface area contributed by atoms with Crippen molar-refractivity contribution in [2.75, 3.05) is 6.54 Å². The van der Waals surface area contributed by atoms with Crippen molar-refractivity contribution in [1.82, 2.24) is 14.5 Å². The van der Waals surface area contributed by atoms with Gasteiger partial charge in [0.25, 0.3) is 0 Å². The molecule has 0 amide bonds. The van der Waals surface area contributed by atoms with E-state index in [0.29, 0.717) is 11.6 Å². The van der Waals surface area contributed by atoms with E-state index >= 15 is 0 Å². The van der Waals surface area contributed by atoms with Crippen LogP contribution in [0.3, 0.4) is 0 Å². The molecule has 24 heavy (non-hydrogen) atoms. The van der Waals surface area contributed by atoms with Crippen molar-refractivity contribution < 1.29 is 5.11 Å². The number of phenols is 1. The standard InChI is InChI=1S/C19H20ClN3O/c1-22-16-8-3-2-7-15(16)21-19(22)17-9-5-11-23(17)12-13-14(20)6-4-10-18(13)24/h2-4,6-8,10,17,24H,5,9,11-12H2,1H3. The topological polar surface area (TPSA) is 41.3 Å². The number of para-hydroxylation sites is 2. The molecule has 1 saturated heterocycles. The van der Waals surface area contributed by atoms with Gasteiger partial charge < -0.3 is 9.67 Å². The van der Waals surface area contributed by atoms with Crippen molar-refractivity contribution in [2.24, 2.45) is 7.05 Å². The summed E-state index contributed by atoms with van der Waals surface area (Å²) in [7, 11) is 2.08. The van der Waals surface area contributed by atoms with Gasteiger partial charge in [-0.25, -0.2) is 4.98 Å². The van der Waals surface area contributed by atoms with Gasteiger partial charge in [-0.2, -0.15) is 0 Å². The number of aryl methyl sites for hydroxylation is 1. The monoisotopic (exact) mass is 341 g/mol. The van der Waals surface area contributed by atoms with E-state index in [4.69, 9.17) is 16.6 Å². The first-order valence-corrected chi connectivity index (χ1v) is 8.64. The van der Waals surface area contributed by atoms with Crippen LogP contribution in [0.25, 0.3) is 11.0 Å². The van der Waals surface area contributed by atoms with Crippen molar-refractivity contribution in [3.8, 4) is 5.75 Å². The summed E-state index contributed by atoms with van der Waals surface area (Å²) in [6, 6.07) is 13.8. The molecule has 0 bridgehead atoms. The zero-order valence-corrected chi connectivity index (χ0v) is 14.4. The van der Waals surface area contributed by atoms with Crippen molar-refractivity contribution in [3.05, 3.63) is 58.9 Å². The van der Waals surface area contributed by atoms with Crippen LogP contribution in [0.2, 0.25) is 5.02 Å². The Labute approximate surface area is 146 Å². The first kappa shape index (κ1) is 15.5. The molecule has 1 fully saturated rings. The lowest BCUT2D eigenvalue weighted by molar-refractivity contribution is 0.234. The van der Waals surface area contributed by atoms with Crippen molar-refractivity contribution >= 4 is 22.6 Å². The number of phenolic OH excluding ortho intramolecular Hbond substituents is 1. The Kier molecular flexibility index (Phi) is 3.94. The Morgan fingerprint density at radius 2 is 2.04 bits per heavy atom. The maximum absolute atomic E-state index is 10.1. The largest absolute Gasteiger partial charge is 0.508 e. The molecule has 3 aromatic rings. The lowest BCUT2D eigenvalue weighted by Crippen LogP contribution is -2.25. The van der Waals surface area contributed by atoms with Gasteiger partial charge in [0.2, 0.25) is 0 Å². The minimum absolute atomic E-state index is 0.248. The van der Waals surface area contributed by atoms with Gasteiger partial charge in [0.1, 0.15) is 11.6 Å². The van der Waals surface area contributed by atoms with Gasteiger partial charge >= 0.3 is 0 Å². The Morgan fingerprint density at radius 1 is 1.21 bits per heavy atom. The Balaban J connectivity index is 1.68. The zero-order chi connectivity index (χ0) is 16.7. The van der Waals surface area contributed by atoms with Gasteiger partial charge in [0, 0.05) is 24.2 Å². The fourth-order valence-corrected chi connectivity index (χ4v) is 3.91. The SMILES string of the molecule is Cn1c(C2CCCN2Cc2c(O)cccc2Cl)nc2ccccc21. The van der Waals surface area contributed by atoms with E-state index < -0.39 is 0 Å². The summed E-state index contributed by atoms with van der Waals surface area (Å²) in [5.74, 6) is 1.35. The van der Waals surface area contributed by atoms with E-state index in [0.717, 1.165) is 41.8 Å². The van der Waals surface area contributed by atoms with Gasteiger partial charge in [-0.15, -0.1) is 0 Å². The summed E-state index contributed by atoms with van der Waals surface area (Å²) in [5.41, 5.74) is 2.98. The van der Waals surface area contributed by atoms with E-state index in [1.54, 1.807) is 12.1 Å². The van der Waals surface area contributed by atoms with E-state index in [2.05, 4.69) is 28.6 Å². The smallest absolute Gasteiger partial charge is 0.127 e. The predicted molar refractivity (Wildman–Crippen MR) is 96.2 cm³/mol. The molecule has 0 spiro atoms. The van der Waals surface area contributed by atoms with Crippen molar-refractivity contribution in [3.63, 3.8) is 0 Å². The van der Waals surface area contributed by atoms with Gasteiger partial charge in [-0.1, -0.05) is 29.8 Å². The van der Waals surface area contributed by atoms with Gasteiger partial charge in [-0.3, -0.25) is 4.90 Å².